The molecule has 0 atom stereocenters. The highest BCUT2D eigenvalue weighted by molar-refractivity contribution is 5.95. The monoisotopic (exact) mass is 425 g/mol. The van der Waals surface area contributed by atoms with E-state index in [1.165, 1.54) is 9.80 Å². The van der Waals surface area contributed by atoms with Gasteiger partial charge in [0.2, 0.25) is 5.91 Å². The minimum atomic E-state index is -0.180. The van der Waals surface area contributed by atoms with Crippen LogP contribution in [-0.2, 0) is 9.59 Å². The number of amides is 2. The van der Waals surface area contributed by atoms with Crippen LogP contribution in [0.5, 0.6) is 5.75 Å². The summed E-state index contributed by atoms with van der Waals surface area (Å²) in [5.74, 6) is 0.675. The Morgan fingerprint density at radius 1 is 1.13 bits per heavy atom. The van der Waals surface area contributed by atoms with E-state index in [2.05, 4.69) is 16.3 Å². The van der Waals surface area contributed by atoms with Crippen molar-refractivity contribution in [1.29, 1.82) is 0 Å². The number of rotatable bonds is 7. The van der Waals surface area contributed by atoms with Crippen molar-refractivity contribution in [3.63, 3.8) is 0 Å². The fourth-order valence-electron chi connectivity index (χ4n) is 3.84. The summed E-state index contributed by atoms with van der Waals surface area (Å²) in [5, 5.41) is 2.92. The molecule has 0 unspecified atom stereocenters. The Morgan fingerprint density at radius 3 is 2.55 bits per heavy atom. The highest BCUT2D eigenvalue weighted by atomic mass is 16.5. The molecule has 31 heavy (non-hydrogen) atoms. The number of benzene rings is 2. The zero-order valence-corrected chi connectivity index (χ0v) is 18.9. The predicted octanol–water partition coefficient (Wildman–Crippen LogP) is 1.11. The first-order valence-electron chi connectivity index (χ1n) is 10.7. The molecule has 1 heterocycles. The molecule has 2 aromatic carbocycles. The number of piperazine rings is 1. The van der Waals surface area contributed by atoms with E-state index in [0.29, 0.717) is 6.54 Å². The molecule has 1 saturated heterocycles. The third-order valence-corrected chi connectivity index (χ3v) is 5.77. The first kappa shape index (κ1) is 22.6. The lowest BCUT2D eigenvalue weighted by atomic mass is 10.1. The summed E-state index contributed by atoms with van der Waals surface area (Å²) in [6.07, 6.45) is 0. The van der Waals surface area contributed by atoms with Crippen LogP contribution < -0.4 is 19.9 Å². The molecule has 1 aliphatic rings. The van der Waals surface area contributed by atoms with Crippen molar-refractivity contribution >= 4 is 23.2 Å². The fourth-order valence-corrected chi connectivity index (χ4v) is 3.84. The van der Waals surface area contributed by atoms with Gasteiger partial charge in [0.15, 0.2) is 6.54 Å². The molecule has 7 nitrogen and oxygen atoms in total. The SMILES string of the molecule is COc1ccccc1N1CC[NH+](CC(=O)N(C)CC(=O)Nc2cc(C)ccc2C)CC1. The van der Waals surface area contributed by atoms with Gasteiger partial charge in [0.1, 0.15) is 5.75 Å². The van der Waals surface area contributed by atoms with Crippen LogP contribution in [0.2, 0.25) is 0 Å². The van der Waals surface area contributed by atoms with Crippen molar-refractivity contribution in [2.75, 3.05) is 63.6 Å². The van der Waals surface area contributed by atoms with E-state index in [9.17, 15) is 9.59 Å². The highest BCUT2D eigenvalue weighted by Gasteiger charge is 2.25. The Hall–Kier alpha value is -3.06. The van der Waals surface area contributed by atoms with Crippen LogP contribution in [0.25, 0.3) is 0 Å². The third kappa shape index (κ3) is 5.98. The molecule has 7 heteroatoms. The summed E-state index contributed by atoms with van der Waals surface area (Å²) >= 11 is 0. The van der Waals surface area contributed by atoms with Crippen molar-refractivity contribution in [2.45, 2.75) is 13.8 Å². The number of ether oxygens (including phenoxy) is 1. The average molecular weight is 426 g/mol. The molecular formula is C24H33N4O3+. The number of nitrogens with one attached hydrogen (secondary N) is 2. The van der Waals surface area contributed by atoms with Gasteiger partial charge in [-0.1, -0.05) is 24.3 Å². The van der Waals surface area contributed by atoms with Crippen LogP contribution in [0, 0.1) is 13.8 Å². The van der Waals surface area contributed by atoms with Gasteiger partial charge in [-0.2, -0.15) is 0 Å². The predicted molar refractivity (Wildman–Crippen MR) is 123 cm³/mol. The van der Waals surface area contributed by atoms with Gasteiger partial charge in [-0.3, -0.25) is 9.59 Å². The van der Waals surface area contributed by atoms with Crippen LogP contribution in [0.4, 0.5) is 11.4 Å². The molecule has 2 N–H and O–H groups in total. The first-order valence-corrected chi connectivity index (χ1v) is 10.7. The first-order chi connectivity index (χ1) is 14.9. The van der Waals surface area contributed by atoms with Gasteiger partial charge < -0.3 is 24.8 Å². The molecule has 0 bridgehead atoms. The fraction of sp³-hybridized carbons (Fsp3) is 0.417. The number of anilines is 2. The maximum absolute atomic E-state index is 12.7. The van der Waals surface area contributed by atoms with Gasteiger partial charge >= 0.3 is 0 Å². The maximum Gasteiger partial charge on any atom is 0.277 e. The Balaban J connectivity index is 1.47. The standard InChI is InChI=1S/C24H32N4O3/c1-18-9-10-19(2)20(15-18)25-23(29)16-26(3)24(30)17-27-11-13-28(14-12-27)21-7-5-6-8-22(21)31-4/h5-10,15H,11-14,16-17H2,1-4H3,(H,25,29)/p+1. The molecule has 1 aliphatic heterocycles. The van der Waals surface area contributed by atoms with E-state index >= 15 is 0 Å². The van der Waals surface area contributed by atoms with Crippen molar-refractivity contribution in [1.82, 2.24) is 4.90 Å². The number of methoxy groups -OCH3 is 1. The van der Waals surface area contributed by atoms with Gasteiger partial charge in [-0.25, -0.2) is 0 Å². The largest absolute Gasteiger partial charge is 0.495 e. The third-order valence-electron chi connectivity index (χ3n) is 5.77. The topological polar surface area (TPSA) is 66.3 Å². The minimum absolute atomic E-state index is 0.0168. The summed E-state index contributed by atoms with van der Waals surface area (Å²) < 4.78 is 5.47. The van der Waals surface area contributed by atoms with Crippen LogP contribution in [0.1, 0.15) is 11.1 Å². The zero-order valence-electron chi connectivity index (χ0n) is 18.9. The Morgan fingerprint density at radius 2 is 1.84 bits per heavy atom. The normalized spacial score (nSPS) is 14.3. The molecule has 0 radical (unpaired) electrons. The number of carbonyl (C=O) groups excluding carboxylic acids is 2. The van der Waals surface area contributed by atoms with Crippen LogP contribution in [0.15, 0.2) is 42.5 Å². The number of hydrogen-bond donors (Lipinski definition) is 2. The van der Waals surface area contributed by atoms with E-state index in [4.69, 9.17) is 4.74 Å². The summed E-state index contributed by atoms with van der Waals surface area (Å²) in [4.78, 5) is 30.1. The van der Waals surface area contributed by atoms with Crippen molar-refractivity contribution < 1.29 is 19.2 Å². The van der Waals surface area contributed by atoms with Gasteiger partial charge in [0, 0.05) is 12.7 Å². The van der Waals surface area contributed by atoms with Crippen LogP contribution >= 0.6 is 0 Å². The van der Waals surface area contributed by atoms with E-state index in [1.807, 2.05) is 50.2 Å². The molecule has 1 fully saturated rings. The lowest BCUT2D eigenvalue weighted by molar-refractivity contribution is -0.892. The van der Waals surface area contributed by atoms with Gasteiger partial charge in [0.05, 0.1) is 45.5 Å². The minimum Gasteiger partial charge on any atom is -0.495 e. The Labute approximate surface area is 184 Å². The van der Waals surface area contributed by atoms with Crippen molar-refractivity contribution in [3.05, 3.63) is 53.6 Å². The summed E-state index contributed by atoms with van der Waals surface area (Å²) in [6.45, 7) is 7.84. The Bertz CT molecular complexity index is 923. The van der Waals surface area contributed by atoms with Gasteiger partial charge in [-0.15, -0.1) is 0 Å². The number of hydrogen-bond acceptors (Lipinski definition) is 4. The van der Waals surface area contributed by atoms with Gasteiger partial charge in [-0.05, 0) is 43.2 Å². The summed E-state index contributed by atoms with van der Waals surface area (Å²) in [6, 6.07) is 14.0. The molecule has 0 spiro atoms. The number of nitrogens with zero attached hydrogens (tertiary/aromatic N) is 2. The van der Waals surface area contributed by atoms with E-state index in [1.54, 1.807) is 14.2 Å². The molecule has 0 aliphatic carbocycles. The highest BCUT2D eigenvalue weighted by Crippen LogP contribution is 2.27. The van der Waals surface area contributed by atoms with Crippen molar-refractivity contribution in [3.8, 4) is 5.75 Å². The smallest absolute Gasteiger partial charge is 0.277 e. The lowest BCUT2D eigenvalue weighted by Crippen LogP contribution is -3.15. The summed E-state index contributed by atoms with van der Waals surface area (Å²) in [5.41, 5.74) is 3.98. The van der Waals surface area contributed by atoms with Gasteiger partial charge in [0.25, 0.3) is 5.91 Å². The number of quaternary nitrogens is 1. The second-order valence-electron chi connectivity index (χ2n) is 8.20. The van der Waals surface area contributed by atoms with Crippen molar-refractivity contribution in [2.24, 2.45) is 0 Å². The zero-order chi connectivity index (χ0) is 22.4. The number of aryl methyl sites for hydroxylation is 2. The molecule has 2 aromatic rings. The number of para-hydroxylation sites is 2. The maximum atomic E-state index is 12.7. The molecule has 2 amide bonds. The second kappa shape index (κ2) is 10.3. The quantitative estimate of drug-likeness (QED) is 0.698. The van der Waals surface area contributed by atoms with E-state index < -0.39 is 0 Å². The molecule has 0 aromatic heterocycles. The second-order valence-corrected chi connectivity index (χ2v) is 8.20. The lowest BCUT2D eigenvalue weighted by Gasteiger charge is -2.34. The number of carbonyl (C=O) groups is 2. The molecule has 166 valence electrons. The molecule has 0 saturated carbocycles. The van der Waals surface area contributed by atoms with Crippen LogP contribution in [-0.4, -0.2) is 70.1 Å². The molecule has 3 rings (SSSR count). The molecular weight excluding hydrogens is 392 g/mol. The van der Waals surface area contributed by atoms with E-state index in [-0.39, 0.29) is 18.4 Å². The summed E-state index contributed by atoms with van der Waals surface area (Å²) in [7, 11) is 3.38. The Kier molecular flexibility index (Phi) is 7.52. The van der Waals surface area contributed by atoms with E-state index in [0.717, 1.165) is 54.4 Å². The average Bonchev–Trinajstić information content (AvgIpc) is 2.76. The number of likely N-dealkylation sites (N-methyl/N-ethyl adjacent to an activating group) is 1. The van der Waals surface area contributed by atoms with Crippen LogP contribution in [0.3, 0.4) is 0 Å².